The van der Waals surface area contributed by atoms with Crippen molar-refractivity contribution in [1.29, 1.82) is 0 Å². The van der Waals surface area contributed by atoms with Gasteiger partial charge in [0.25, 0.3) is 11.6 Å². The zero-order valence-electron chi connectivity index (χ0n) is 17.4. The first-order chi connectivity index (χ1) is 15.4. The Balaban J connectivity index is 1.73. The molecule has 2 aliphatic heterocycles. The second-order valence-corrected chi connectivity index (χ2v) is 7.47. The van der Waals surface area contributed by atoms with E-state index in [-0.39, 0.29) is 49.8 Å². The molecule has 0 aliphatic carbocycles. The van der Waals surface area contributed by atoms with Crippen LogP contribution < -0.4 is 4.90 Å². The highest BCUT2D eigenvalue weighted by atomic mass is 16.6. The van der Waals surface area contributed by atoms with Gasteiger partial charge in [0.05, 0.1) is 28.3 Å². The van der Waals surface area contributed by atoms with E-state index >= 15 is 0 Å². The van der Waals surface area contributed by atoms with Crippen LogP contribution in [0.3, 0.4) is 0 Å². The number of benzene rings is 2. The lowest BCUT2D eigenvalue weighted by Crippen LogP contribution is -2.68. The van der Waals surface area contributed by atoms with Gasteiger partial charge < -0.3 is 14.4 Å². The Labute approximate surface area is 183 Å². The molecule has 0 bridgehead atoms. The molecule has 0 N–H and O–H groups in total. The number of nitrogens with zero attached hydrogens (tertiary/aromatic N) is 3. The number of para-hydroxylation sites is 2. The highest BCUT2D eigenvalue weighted by Gasteiger charge is 2.61. The molecule has 1 saturated heterocycles. The van der Waals surface area contributed by atoms with Crippen LogP contribution in [0.5, 0.6) is 0 Å². The van der Waals surface area contributed by atoms with Gasteiger partial charge in [0.15, 0.2) is 0 Å². The number of carbonyl (C=O) groups excluding carboxylic acids is 3. The smallest absolute Gasteiger partial charge is 0.354 e. The Hall–Kier alpha value is -3.79. The van der Waals surface area contributed by atoms with Crippen molar-refractivity contribution < 1.29 is 28.8 Å². The van der Waals surface area contributed by atoms with Gasteiger partial charge in [-0.2, -0.15) is 0 Å². The number of fused-ring (bicyclic) bond motifs is 3. The highest BCUT2D eigenvalue weighted by molar-refractivity contribution is 6.15. The minimum absolute atomic E-state index is 0.0470. The Morgan fingerprint density at radius 2 is 1.88 bits per heavy atom. The monoisotopic (exact) mass is 439 g/mol. The maximum atomic E-state index is 13.5. The van der Waals surface area contributed by atoms with E-state index in [4.69, 9.17) is 9.47 Å². The summed E-state index contributed by atoms with van der Waals surface area (Å²) in [6.45, 7) is -0.156. The molecule has 10 heteroatoms. The lowest BCUT2D eigenvalue weighted by molar-refractivity contribution is -0.385. The number of methoxy groups -OCH3 is 1. The van der Waals surface area contributed by atoms with E-state index in [2.05, 4.69) is 0 Å². The zero-order valence-corrected chi connectivity index (χ0v) is 17.4. The van der Waals surface area contributed by atoms with Crippen LogP contribution in [0.25, 0.3) is 0 Å². The van der Waals surface area contributed by atoms with Crippen LogP contribution in [-0.2, 0) is 25.7 Å². The highest BCUT2D eigenvalue weighted by Crippen LogP contribution is 2.45. The van der Waals surface area contributed by atoms with Crippen molar-refractivity contribution in [2.24, 2.45) is 0 Å². The van der Waals surface area contributed by atoms with E-state index < -0.39 is 22.5 Å². The second-order valence-electron chi connectivity index (χ2n) is 7.47. The van der Waals surface area contributed by atoms with Crippen molar-refractivity contribution in [2.45, 2.75) is 25.1 Å². The summed E-state index contributed by atoms with van der Waals surface area (Å²) in [5.74, 6) is -1.54. The molecule has 2 heterocycles. The number of rotatable bonds is 7. The summed E-state index contributed by atoms with van der Waals surface area (Å²) >= 11 is 0. The standard InChI is InChI=1S/C22H21N3O7/c1-31-13-12-23-20(27)16-7-3-5-9-18(16)24-19(26)10-11-22(23,24)21(28)32-14-15-6-2-4-8-17(15)25(29)30/h2-9H,10-14H2,1H3. The van der Waals surface area contributed by atoms with Gasteiger partial charge in [0.2, 0.25) is 11.6 Å². The van der Waals surface area contributed by atoms with Crippen LogP contribution in [0.4, 0.5) is 11.4 Å². The molecule has 166 valence electrons. The van der Waals surface area contributed by atoms with Gasteiger partial charge >= 0.3 is 5.97 Å². The van der Waals surface area contributed by atoms with E-state index in [1.54, 1.807) is 30.3 Å². The molecule has 10 nitrogen and oxygen atoms in total. The summed E-state index contributed by atoms with van der Waals surface area (Å²) in [6, 6.07) is 12.5. The molecule has 32 heavy (non-hydrogen) atoms. The molecule has 2 aromatic carbocycles. The lowest BCUT2D eigenvalue weighted by Gasteiger charge is -2.48. The summed E-state index contributed by atoms with van der Waals surface area (Å²) in [6.07, 6.45) is 0.0943. The minimum atomic E-state index is -1.68. The van der Waals surface area contributed by atoms with E-state index in [0.717, 1.165) is 0 Å². The molecule has 2 aliphatic rings. The molecule has 1 unspecified atom stereocenters. The van der Waals surface area contributed by atoms with Crippen LogP contribution in [0.2, 0.25) is 0 Å². The number of anilines is 1. The molecule has 2 aromatic rings. The Kier molecular flexibility index (Phi) is 5.62. The normalized spacial score (nSPS) is 19.5. The first kappa shape index (κ1) is 21.4. The third-order valence-corrected chi connectivity index (χ3v) is 5.77. The third-order valence-electron chi connectivity index (χ3n) is 5.77. The number of nitro benzene ring substituents is 1. The fourth-order valence-corrected chi connectivity index (χ4v) is 4.31. The van der Waals surface area contributed by atoms with Crippen molar-refractivity contribution in [3.05, 3.63) is 69.8 Å². The summed E-state index contributed by atoms with van der Waals surface area (Å²) < 4.78 is 10.6. The van der Waals surface area contributed by atoms with Crippen molar-refractivity contribution in [1.82, 2.24) is 4.90 Å². The van der Waals surface area contributed by atoms with Gasteiger partial charge in [0.1, 0.15) is 6.61 Å². The fraction of sp³-hybridized carbons (Fsp3) is 0.318. The van der Waals surface area contributed by atoms with Gasteiger partial charge in [0, 0.05) is 32.6 Å². The molecule has 0 saturated carbocycles. The topological polar surface area (TPSA) is 119 Å². The third kappa shape index (κ3) is 3.28. The maximum absolute atomic E-state index is 13.5. The van der Waals surface area contributed by atoms with Crippen LogP contribution in [0, 0.1) is 10.1 Å². The molecular weight excluding hydrogens is 418 g/mol. The molecule has 0 radical (unpaired) electrons. The van der Waals surface area contributed by atoms with Crippen molar-refractivity contribution in [3.8, 4) is 0 Å². The van der Waals surface area contributed by atoms with Crippen molar-refractivity contribution in [2.75, 3.05) is 25.2 Å². The summed E-state index contributed by atoms with van der Waals surface area (Å²) in [4.78, 5) is 53.1. The van der Waals surface area contributed by atoms with Crippen LogP contribution >= 0.6 is 0 Å². The maximum Gasteiger partial charge on any atom is 0.354 e. The second kappa shape index (κ2) is 8.39. The average molecular weight is 439 g/mol. The lowest BCUT2D eigenvalue weighted by atomic mass is 9.96. The summed E-state index contributed by atoms with van der Waals surface area (Å²) in [5, 5.41) is 11.3. The van der Waals surface area contributed by atoms with E-state index in [1.165, 1.54) is 35.1 Å². The van der Waals surface area contributed by atoms with Gasteiger partial charge in [-0.15, -0.1) is 0 Å². The molecule has 0 aromatic heterocycles. The first-order valence-corrected chi connectivity index (χ1v) is 10.0. The summed E-state index contributed by atoms with van der Waals surface area (Å²) in [5.41, 5.74) is -0.996. The quantitative estimate of drug-likeness (QED) is 0.369. The van der Waals surface area contributed by atoms with Gasteiger partial charge in [-0.25, -0.2) is 4.79 Å². The van der Waals surface area contributed by atoms with Gasteiger partial charge in [-0.3, -0.25) is 24.6 Å². The van der Waals surface area contributed by atoms with Crippen LogP contribution in [0.15, 0.2) is 48.5 Å². The number of nitro groups is 1. The van der Waals surface area contributed by atoms with Crippen molar-refractivity contribution in [3.63, 3.8) is 0 Å². The number of hydrogen-bond acceptors (Lipinski definition) is 7. The molecule has 0 spiro atoms. The number of esters is 1. The molecule has 2 amide bonds. The number of amides is 2. The summed E-state index contributed by atoms with van der Waals surface area (Å²) in [7, 11) is 1.47. The number of ether oxygens (including phenoxy) is 2. The minimum Gasteiger partial charge on any atom is -0.457 e. The number of hydrogen-bond donors (Lipinski definition) is 0. The Bertz CT molecular complexity index is 1100. The fourth-order valence-electron chi connectivity index (χ4n) is 4.31. The van der Waals surface area contributed by atoms with Gasteiger partial charge in [-0.1, -0.05) is 24.3 Å². The Morgan fingerprint density at radius 1 is 1.16 bits per heavy atom. The van der Waals surface area contributed by atoms with E-state index in [1.807, 2.05) is 0 Å². The zero-order chi connectivity index (χ0) is 22.9. The molecule has 1 fully saturated rings. The van der Waals surface area contributed by atoms with Crippen LogP contribution in [0.1, 0.15) is 28.8 Å². The predicted molar refractivity (Wildman–Crippen MR) is 112 cm³/mol. The van der Waals surface area contributed by atoms with Crippen molar-refractivity contribution >= 4 is 29.2 Å². The average Bonchev–Trinajstić information content (AvgIpc) is 3.15. The first-order valence-electron chi connectivity index (χ1n) is 10.0. The number of carbonyl (C=O) groups is 3. The van der Waals surface area contributed by atoms with Crippen LogP contribution in [-0.4, -0.2) is 53.5 Å². The molecule has 1 atom stereocenters. The Morgan fingerprint density at radius 3 is 2.62 bits per heavy atom. The molecular formula is C22H21N3O7. The molecule has 4 rings (SSSR count). The van der Waals surface area contributed by atoms with E-state index in [9.17, 15) is 24.5 Å². The SMILES string of the molecule is COCCN1C(=O)c2ccccc2N2C(=O)CCC12C(=O)OCc1ccccc1[N+](=O)[O-]. The van der Waals surface area contributed by atoms with E-state index in [0.29, 0.717) is 11.3 Å². The predicted octanol–water partition coefficient (Wildman–Crippen LogP) is 2.26. The van der Waals surface area contributed by atoms with Gasteiger partial charge in [-0.05, 0) is 18.2 Å². The largest absolute Gasteiger partial charge is 0.457 e.